The molecule has 0 spiro atoms. The van der Waals surface area contributed by atoms with Crippen LogP contribution in [-0.4, -0.2) is 25.7 Å². The van der Waals surface area contributed by atoms with E-state index in [0.29, 0.717) is 6.04 Å². The summed E-state index contributed by atoms with van der Waals surface area (Å²) in [6.07, 6.45) is 7.57. The Hall–Kier alpha value is -0.780. The third-order valence-corrected chi connectivity index (χ3v) is 4.05. The summed E-state index contributed by atoms with van der Waals surface area (Å²) in [6, 6.07) is 11.0. The zero-order valence-corrected chi connectivity index (χ0v) is 12.8. The Kier molecular flexibility index (Phi) is 5.91. The van der Waals surface area contributed by atoms with Crippen molar-refractivity contribution in [2.45, 2.75) is 32.2 Å². The molecule has 1 N–H and O–H groups in total. The second kappa shape index (κ2) is 6.97. The first-order chi connectivity index (χ1) is 8.38. The molecule has 0 bridgehead atoms. The smallest absolute Gasteiger partial charge is 0.0283 e. The highest BCUT2D eigenvalue weighted by atomic mass is 31.2. The average Bonchev–Trinajstić information content (AvgIpc) is 2.28. The van der Waals surface area contributed by atoms with Crippen LogP contribution in [0.2, 0.25) is 0 Å². The summed E-state index contributed by atoms with van der Waals surface area (Å²) in [4.78, 5) is 0. The Bertz CT molecular complexity index is 416. The van der Waals surface area contributed by atoms with Crippen LogP contribution in [0.25, 0.3) is 0 Å². The zero-order valence-electron chi connectivity index (χ0n) is 11.9. The van der Waals surface area contributed by atoms with E-state index in [1.807, 2.05) is 0 Å². The lowest BCUT2D eigenvalue weighted by molar-refractivity contribution is 0.704. The van der Waals surface area contributed by atoms with E-state index in [0.717, 1.165) is 12.8 Å². The Labute approximate surface area is 112 Å². The molecule has 1 aromatic carbocycles. The van der Waals surface area contributed by atoms with E-state index in [1.54, 1.807) is 0 Å². The highest BCUT2D eigenvalue weighted by Crippen LogP contribution is 2.31. The molecule has 1 atom stereocenters. The van der Waals surface area contributed by atoms with Crippen LogP contribution in [0.5, 0.6) is 0 Å². The van der Waals surface area contributed by atoms with Crippen LogP contribution in [0, 0.1) is 0 Å². The van der Waals surface area contributed by atoms with Crippen molar-refractivity contribution in [3.05, 3.63) is 48.0 Å². The zero-order chi connectivity index (χ0) is 13.6. The van der Waals surface area contributed by atoms with E-state index < -0.39 is 7.04 Å². The van der Waals surface area contributed by atoms with Crippen molar-refractivity contribution in [3.63, 3.8) is 0 Å². The number of benzene rings is 1. The molecule has 0 aliphatic heterocycles. The molecule has 0 aliphatic carbocycles. The van der Waals surface area contributed by atoms with E-state index in [4.69, 9.17) is 0 Å². The fourth-order valence-corrected chi connectivity index (χ4v) is 3.23. The molecule has 0 aliphatic rings. The van der Waals surface area contributed by atoms with Gasteiger partial charge in [0.1, 0.15) is 0 Å². The molecule has 0 unspecified atom stereocenters. The molecule has 0 saturated carbocycles. The van der Waals surface area contributed by atoms with E-state index in [1.165, 1.54) is 17.6 Å². The van der Waals surface area contributed by atoms with E-state index in [2.05, 4.69) is 68.6 Å². The largest absolute Gasteiger partial charge is 0.291 e. The second-order valence-corrected chi connectivity index (χ2v) is 9.16. The van der Waals surface area contributed by atoms with Gasteiger partial charge in [0.25, 0.3) is 0 Å². The lowest BCUT2D eigenvalue weighted by Crippen LogP contribution is -2.24. The molecule has 18 heavy (non-hydrogen) atoms. The lowest BCUT2D eigenvalue weighted by atomic mass is 10.0. The molecular weight excluding hydrogens is 237 g/mol. The van der Waals surface area contributed by atoms with Gasteiger partial charge in [0, 0.05) is 6.04 Å². The molecule has 1 aromatic rings. The van der Waals surface area contributed by atoms with Crippen molar-refractivity contribution >= 4 is 13.3 Å². The van der Waals surface area contributed by atoms with Crippen LogP contribution in [-0.2, 0) is 6.42 Å². The molecule has 0 aromatic heterocycles. The maximum atomic E-state index is 4.20. The van der Waals surface area contributed by atoms with Gasteiger partial charge in [-0.05, 0) is 45.1 Å². The minimum Gasteiger partial charge on any atom is -0.291 e. The maximum absolute atomic E-state index is 4.20. The van der Waals surface area contributed by atoms with Gasteiger partial charge in [-0.15, -0.1) is 0 Å². The van der Waals surface area contributed by atoms with E-state index >= 15 is 0 Å². The number of nitrogens with one attached hydrogen (secondary N) is 1. The van der Waals surface area contributed by atoms with Gasteiger partial charge in [0.05, 0.1) is 0 Å². The number of hydrogen-bond donors (Lipinski definition) is 1. The highest BCUT2D eigenvalue weighted by molar-refractivity contribution is 7.70. The van der Waals surface area contributed by atoms with Gasteiger partial charge in [-0.2, -0.15) is 0 Å². The van der Waals surface area contributed by atoms with E-state index in [-0.39, 0.29) is 0 Å². The van der Waals surface area contributed by atoms with Crippen molar-refractivity contribution in [1.82, 2.24) is 5.09 Å². The first-order valence-electron chi connectivity index (χ1n) is 6.56. The monoisotopic (exact) mass is 263 g/mol. The number of hydrogen-bond acceptors (Lipinski definition) is 1. The predicted molar refractivity (Wildman–Crippen MR) is 87.0 cm³/mol. The molecule has 2 heteroatoms. The van der Waals surface area contributed by atoms with Crippen LogP contribution in [0.1, 0.15) is 25.3 Å². The molecule has 0 saturated heterocycles. The molecule has 0 radical (unpaired) electrons. The lowest BCUT2D eigenvalue weighted by Gasteiger charge is -2.23. The van der Waals surface area contributed by atoms with Crippen molar-refractivity contribution in [2.75, 3.05) is 13.3 Å². The first-order valence-corrected chi connectivity index (χ1v) is 9.43. The van der Waals surface area contributed by atoms with Crippen molar-refractivity contribution in [2.24, 2.45) is 0 Å². The third-order valence-electron chi connectivity index (χ3n) is 2.96. The summed E-state index contributed by atoms with van der Waals surface area (Å²) in [7, 11) is -1.18. The third kappa shape index (κ3) is 6.23. The molecule has 1 rings (SSSR count). The van der Waals surface area contributed by atoms with Crippen LogP contribution in [0.3, 0.4) is 0 Å². The quantitative estimate of drug-likeness (QED) is 0.575. The van der Waals surface area contributed by atoms with Gasteiger partial charge >= 0.3 is 0 Å². The van der Waals surface area contributed by atoms with Gasteiger partial charge in [-0.3, -0.25) is 5.09 Å². The normalized spacial score (nSPS) is 13.3. The van der Waals surface area contributed by atoms with Crippen molar-refractivity contribution < 1.29 is 0 Å². The minimum atomic E-state index is -1.18. The number of aryl methyl sites for hydroxylation is 1. The van der Waals surface area contributed by atoms with Crippen LogP contribution >= 0.6 is 7.04 Å². The molecule has 0 fully saturated rings. The Morgan fingerprint density at radius 1 is 1.28 bits per heavy atom. The topological polar surface area (TPSA) is 12.0 Å². The standard InChI is InChI=1S/C16H26NP/c1-14(15(2)17-18(3,4)5)10-9-13-16-11-7-6-8-12-16/h6-8,11-12,15,17H,1,3,9-10,13H2,2,4-5H3/t15-/m0/s1. The Morgan fingerprint density at radius 2 is 1.89 bits per heavy atom. The van der Waals surface area contributed by atoms with Gasteiger partial charge in [0.15, 0.2) is 0 Å². The summed E-state index contributed by atoms with van der Waals surface area (Å²) in [5.41, 5.74) is 2.71. The van der Waals surface area contributed by atoms with Crippen molar-refractivity contribution in [1.29, 1.82) is 0 Å². The number of rotatable bonds is 7. The maximum Gasteiger partial charge on any atom is 0.0283 e. The Balaban J connectivity index is 2.31. The highest BCUT2D eigenvalue weighted by Gasteiger charge is 2.09. The predicted octanol–water partition coefficient (Wildman–Crippen LogP) is 4.17. The van der Waals surface area contributed by atoms with Gasteiger partial charge in [-0.1, -0.05) is 55.8 Å². The molecule has 0 heterocycles. The van der Waals surface area contributed by atoms with Crippen molar-refractivity contribution in [3.8, 4) is 0 Å². The summed E-state index contributed by atoms with van der Waals surface area (Å²) >= 11 is 0. The fourth-order valence-electron chi connectivity index (χ4n) is 2.00. The molecule has 100 valence electrons. The van der Waals surface area contributed by atoms with Gasteiger partial charge in [0.2, 0.25) is 0 Å². The van der Waals surface area contributed by atoms with E-state index in [9.17, 15) is 0 Å². The SMILES string of the molecule is C=C(CCCc1ccccc1)[C@H](C)NP(=C)(C)C. The second-order valence-electron chi connectivity index (χ2n) is 5.53. The molecule has 1 nitrogen and oxygen atoms in total. The minimum absolute atomic E-state index is 0.376. The van der Waals surface area contributed by atoms with Gasteiger partial charge < -0.3 is 0 Å². The van der Waals surface area contributed by atoms with Gasteiger partial charge in [-0.25, -0.2) is 0 Å². The van der Waals surface area contributed by atoms with Crippen LogP contribution < -0.4 is 5.09 Å². The molecular formula is C16H26NP. The summed E-state index contributed by atoms with van der Waals surface area (Å²) in [5, 5.41) is 3.57. The van der Waals surface area contributed by atoms with Crippen LogP contribution in [0.4, 0.5) is 0 Å². The summed E-state index contributed by atoms with van der Waals surface area (Å²) in [6.45, 7) is 10.8. The van der Waals surface area contributed by atoms with Crippen LogP contribution in [0.15, 0.2) is 42.5 Å². The Morgan fingerprint density at radius 3 is 2.44 bits per heavy atom. The average molecular weight is 263 g/mol. The fraction of sp³-hybridized carbons (Fsp3) is 0.438. The summed E-state index contributed by atoms with van der Waals surface area (Å²) in [5.74, 6) is 0. The molecule has 0 amide bonds. The first kappa shape index (κ1) is 15.3. The summed E-state index contributed by atoms with van der Waals surface area (Å²) < 4.78 is 0.